The van der Waals surface area contributed by atoms with Crippen LogP contribution in [0.15, 0.2) is 134 Å². The fourth-order valence-corrected chi connectivity index (χ4v) is 7.19. The first kappa shape index (κ1) is 29.9. The van der Waals surface area contributed by atoms with Crippen LogP contribution in [0.25, 0.3) is 0 Å². The molecule has 6 heteroatoms. The molecule has 5 aromatic rings. The molecule has 2 aliphatic heterocycles. The standard InChI is InChI=1S/C40H41N5O/c1-43-38-29-31(30-44-25-27-45(28-26-44)36-21-23-41-24-22-36)17-18-32(38)19-20-37(39(43)46)42-40(33-11-5-2-6-12-33,34-13-7-3-8-14-34)35-15-9-4-10-16-35/h2-18,21-24,29,37,42H,19-20,25-28,30H2,1H3/t37-/m0/s1. The molecule has 1 aromatic heterocycles. The van der Waals surface area contributed by atoms with E-state index in [2.05, 4.69) is 123 Å². The molecule has 0 bridgehead atoms. The zero-order valence-electron chi connectivity index (χ0n) is 26.4. The molecule has 46 heavy (non-hydrogen) atoms. The number of aromatic nitrogens is 1. The number of amides is 1. The number of aryl methyl sites for hydroxylation is 1. The van der Waals surface area contributed by atoms with Gasteiger partial charge in [-0.1, -0.05) is 103 Å². The lowest BCUT2D eigenvalue weighted by Gasteiger charge is -2.40. The molecule has 0 unspecified atom stereocenters. The third kappa shape index (κ3) is 5.94. The molecule has 4 aromatic carbocycles. The molecule has 6 nitrogen and oxygen atoms in total. The van der Waals surface area contributed by atoms with Gasteiger partial charge in [0.25, 0.3) is 0 Å². The minimum atomic E-state index is -0.703. The number of rotatable bonds is 8. The molecule has 232 valence electrons. The fraction of sp³-hybridized carbons (Fsp3) is 0.250. The lowest BCUT2D eigenvalue weighted by atomic mass is 9.76. The second-order valence-electron chi connectivity index (χ2n) is 12.4. The third-order valence-corrected chi connectivity index (χ3v) is 9.66. The van der Waals surface area contributed by atoms with Gasteiger partial charge in [-0.2, -0.15) is 0 Å². The van der Waals surface area contributed by atoms with Crippen molar-refractivity contribution < 1.29 is 4.79 Å². The predicted molar refractivity (Wildman–Crippen MR) is 186 cm³/mol. The van der Waals surface area contributed by atoms with Gasteiger partial charge in [0.2, 0.25) is 5.91 Å². The molecule has 1 amide bonds. The van der Waals surface area contributed by atoms with Crippen molar-refractivity contribution in [3.8, 4) is 0 Å². The van der Waals surface area contributed by atoms with Crippen molar-refractivity contribution in [1.82, 2.24) is 15.2 Å². The number of fused-ring (bicyclic) bond motifs is 1. The van der Waals surface area contributed by atoms with E-state index in [4.69, 9.17) is 0 Å². The van der Waals surface area contributed by atoms with Gasteiger partial charge in [-0.3, -0.25) is 20.0 Å². The zero-order valence-corrected chi connectivity index (χ0v) is 26.4. The van der Waals surface area contributed by atoms with Gasteiger partial charge in [0, 0.05) is 63.5 Å². The highest BCUT2D eigenvalue weighted by Crippen LogP contribution is 2.39. The number of piperazine rings is 1. The summed E-state index contributed by atoms with van der Waals surface area (Å²) >= 11 is 0. The van der Waals surface area contributed by atoms with E-state index in [0.717, 1.165) is 61.5 Å². The van der Waals surface area contributed by atoms with Crippen LogP contribution in [0.3, 0.4) is 0 Å². The van der Waals surface area contributed by atoms with Gasteiger partial charge in [0.05, 0.1) is 11.6 Å². The molecule has 0 spiro atoms. The van der Waals surface area contributed by atoms with E-state index < -0.39 is 5.54 Å². The van der Waals surface area contributed by atoms with E-state index in [-0.39, 0.29) is 11.9 Å². The monoisotopic (exact) mass is 607 g/mol. The summed E-state index contributed by atoms with van der Waals surface area (Å²) in [6.07, 6.45) is 5.25. The number of benzene rings is 4. The normalized spacial score (nSPS) is 17.4. The van der Waals surface area contributed by atoms with E-state index in [9.17, 15) is 4.79 Å². The minimum absolute atomic E-state index is 0.0917. The van der Waals surface area contributed by atoms with Crippen molar-refractivity contribution in [1.29, 1.82) is 0 Å². The Balaban J connectivity index is 1.14. The summed E-state index contributed by atoms with van der Waals surface area (Å²) in [4.78, 5) is 25.4. The summed E-state index contributed by atoms with van der Waals surface area (Å²) in [5.74, 6) is 0.0917. The minimum Gasteiger partial charge on any atom is -0.369 e. The highest BCUT2D eigenvalue weighted by atomic mass is 16.2. The largest absolute Gasteiger partial charge is 0.369 e. The summed E-state index contributed by atoms with van der Waals surface area (Å²) in [5, 5.41) is 3.96. The Labute approximate surface area is 272 Å². The molecule has 2 aliphatic rings. The SMILES string of the molecule is CN1C(=O)[C@@H](NC(c2ccccc2)(c2ccccc2)c2ccccc2)CCc2ccc(CN3CCN(c4ccncc4)CC3)cc21. The number of hydrogen-bond donors (Lipinski definition) is 1. The quantitative estimate of drug-likeness (QED) is 0.211. The van der Waals surface area contributed by atoms with Gasteiger partial charge >= 0.3 is 0 Å². The number of nitrogens with zero attached hydrogens (tertiary/aromatic N) is 4. The Bertz CT molecular complexity index is 1640. The van der Waals surface area contributed by atoms with Gasteiger partial charge in [-0.25, -0.2) is 0 Å². The summed E-state index contributed by atoms with van der Waals surface area (Å²) in [6, 6.07) is 42.1. The van der Waals surface area contributed by atoms with Crippen LogP contribution in [0.2, 0.25) is 0 Å². The van der Waals surface area contributed by atoms with Gasteiger partial charge in [-0.15, -0.1) is 0 Å². The first-order valence-corrected chi connectivity index (χ1v) is 16.3. The number of carbonyl (C=O) groups excluding carboxylic acids is 1. The van der Waals surface area contributed by atoms with Crippen LogP contribution in [0.4, 0.5) is 11.4 Å². The van der Waals surface area contributed by atoms with E-state index >= 15 is 0 Å². The number of pyridine rings is 1. The third-order valence-electron chi connectivity index (χ3n) is 9.66. The molecule has 0 saturated carbocycles. The molecule has 1 N–H and O–H groups in total. The average Bonchev–Trinajstić information content (AvgIpc) is 3.24. The lowest BCUT2D eigenvalue weighted by Crippen LogP contribution is -2.55. The highest BCUT2D eigenvalue weighted by Gasteiger charge is 2.41. The van der Waals surface area contributed by atoms with Crippen LogP contribution < -0.4 is 15.1 Å². The maximum absolute atomic E-state index is 14.4. The van der Waals surface area contributed by atoms with Gasteiger partial charge in [0.15, 0.2) is 0 Å². The summed E-state index contributed by atoms with van der Waals surface area (Å²) in [7, 11) is 1.94. The molecule has 1 fully saturated rings. The Hall–Kier alpha value is -4.78. The zero-order chi connectivity index (χ0) is 31.3. The van der Waals surface area contributed by atoms with Crippen molar-refractivity contribution >= 4 is 17.3 Å². The first-order valence-electron chi connectivity index (χ1n) is 16.3. The second kappa shape index (κ2) is 13.3. The first-order chi connectivity index (χ1) is 22.6. The van der Waals surface area contributed by atoms with E-state index in [1.165, 1.54) is 16.8 Å². The van der Waals surface area contributed by atoms with Crippen LogP contribution >= 0.6 is 0 Å². The molecule has 7 rings (SSSR count). The van der Waals surface area contributed by atoms with Crippen molar-refractivity contribution in [2.75, 3.05) is 43.0 Å². The molecule has 3 heterocycles. The Morgan fingerprint density at radius 3 is 1.87 bits per heavy atom. The number of nitrogens with one attached hydrogen (secondary N) is 1. The van der Waals surface area contributed by atoms with Crippen molar-refractivity contribution in [3.63, 3.8) is 0 Å². The maximum atomic E-state index is 14.4. The predicted octanol–water partition coefficient (Wildman–Crippen LogP) is 6.26. The van der Waals surface area contributed by atoms with E-state index in [1.54, 1.807) is 0 Å². The van der Waals surface area contributed by atoms with Crippen LogP contribution in [-0.2, 0) is 23.3 Å². The van der Waals surface area contributed by atoms with E-state index in [0.29, 0.717) is 6.42 Å². The Kier molecular flexibility index (Phi) is 8.64. The van der Waals surface area contributed by atoms with Crippen LogP contribution in [-0.4, -0.2) is 55.1 Å². The van der Waals surface area contributed by atoms with Crippen LogP contribution in [0.5, 0.6) is 0 Å². The average molecular weight is 608 g/mol. The van der Waals surface area contributed by atoms with Gasteiger partial charge in [0.1, 0.15) is 0 Å². The summed E-state index contributed by atoms with van der Waals surface area (Å²) in [5.41, 5.74) is 7.34. The number of likely N-dealkylation sites (N-methyl/N-ethyl adjacent to an activating group) is 1. The fourth-order valence-electron chi connectivity index (χ4n) is 7.19. The summed E-state index contributed by atoms with van der Waals surface area (Å²) < 4.78 is 0. The second-order valence-corrected chi connectivity index (χ2v) is 12.4. The molecular formula is C40H41N5O. The molecular weight excluding hydrogens is 566 g/mol. The van der Waals surface area contributed by atoms with Crippen molar-refractivity contribution in [2.45, 2.75) is 31.0 Å². The maximum Gasteiger partial charge on any atom is 0.243 e. The number of anilines is 2. The van der Waals surface area contributed by atoms with Crippen molar-refractivity contribution in [2.24, 2.45) is 0 Å². The molecule has 1 saturated heterocycles. The van der Waals surface area contributed by atoms with Gasteiger partial charge in [-0.05, 0) is 58.9 Å². The Morgan fingerprint density at radius 2 is 1.30 bits per heavy atom. The topological polar surface area (TPSA) is 51.7 Å². The van der Waals surface area contributed by atoms with Crippen LogP contribution in [0.1, 0.15) is 34.2 Å². The molecule has 0 aliphatic carbocycles. The lowest BCUT2D eigenvalue weighted by molar-refractivity contribution is -0.120. The van der Waals surface area contributed by atoms with Crippen molar-refractivity contribution in [3.05, 3.63) is 162 Å². The van der Waals surface area contributed by atoms with Gasteiger partial charge < -0.3 is 9.80 Å². The summed E-state index contributed by atoms with van der Waals surface area (Å²) in [6.45, 7) is 4.86. The highest BCUT2D eigenvalue weighted by molar-refractivity contribution is 5.98. The molecule has 1 atom stereocenters. The smallest absolute Gasteiger partial charge is 0.243 e. The van der Waals surface area contributed by atoms with E-state index in [1.807, 2.05) is 42.5 Å². The molecule has 0 radical (unpaired) electrons. The number of hydrogen-bond acceptors (Lipinski definition) is 5. The number of carbonyl (C=O) groups is 1. The Morgan fingerprint density at radius 1 is 0.739 bits per heavy atom. The van der Waals surface area contributed by atoms with Crippen LogP contribution in [0, 0.1) is 0 Å².